The van der Waals surface area contributed by atoms with Crippen molar-refractivity contribution >= 4 is 28.7 Å². The van der Waals surface area contributed by atoms with Crippen LogP contribution in [0.3, 0.4) is 0 Å². The summed E-state index contributed by atoms with van der Waals surface area (Å²) in [5.41, 5.74) is -0.231. The van der Waals surface area contributed by atoms with Crippen LogP contribution in [0.2, 0.25) is 0 Å². The van der Waals surface area contributed by atoms with Gasteiger partial charge in [-0.25, -0.2) is 19.5 Å². The summed E-state index contributed by atoms with van der Waals surface area (Å²) in [6.07, 6.45) is 0. The molecular formula is C18H18N4O6. The highest BCUT2D eigenvalue weighted by atomic mass is 16.5. The highest BCUT2D eigenvalue weighted by Crippen LogP contribution is 2.17. The molecule has 28 heavy (non-hydrogen) atoms. The van der Waals surface area contributed by atoms with Gasteiger partial charge in [-0.2, -0.15) is 5.10 Å². The summed E-state index contributed by atoms with van der Waals surface area (Å²) in [4.78, 5) is 48.3. The molecule has 0 bridgehead atoms. The van der Waals surface area contributed by atoms with Gasteiger partial charge in [0.2, 0.25) is 0 Å². The van der Waals surface area contributed by atoms with Crippen LogP contribution in [0.5, 0.6) is 0 Å². The molecule has 2 aromatic rings. The second-order valence-corrected chi connectivity index (χ2v) is 5.96. The van der Waals surface area contributed by atoms with Crippen LogP contribution in [0.15, 0.2) is 40.3 Å². The van der Waals surface area contributed by atoms with Crippen molar-refractivity contribution in [1.82, 2.24) is 20.8 Å². The lowest BCUT2D eigenvalue weighted by Crippen LogP contribution is -2.50. The van der Waals surface area contributed by atoms with Crippen LogP contribution in [0.1, 0.15) is 24.3 Å². The third-order valence-electron chi connectivity index (χ3n) is 4.10. The van der Waals surface area contributed by atoms with Gasteiger partial charge in [-0.3, -0.25) is 4.79 Å². The minimum absolute atomic E-state index is 0.0817. The van der Waals surface area contributed by atoms with Crippen molar-refractivity contribution in [3.05, 3.63) is 51.6 Å². The van der Waals surface area contributed by atoms with E-state index in [-0.39, 0.29) is 30.2 Å². The molecule has 0 fully saturated rings. The first kappa shape index (κ1) is 19.1. The molecule has 2 heterocycles. The van der Waals surface area contributed by atoms with Crippen molar-refractivity contribution in [3.63, 3.8) is 0 Å². The highest BCUT2D eigenvalue weighted by molar-refractivity contribution is 6.02. The monoisotopic (exact) mass is 386 g/mol. The normalized spacial score (nSPS) is 16.4. The minimum atomic E-state index is -0.816. The van der Waals surface area contributed by atoms with Gasteiger partial charge in [0.1, 0.15) is 6.61 Å². The molecule has 1 aromatic carbocycles. The maximum Gasteiger partial charge on any atom is 0.359 e. The van der Waals surface area contributed by atoms with Gasteiger partial charge in [0, 0.05) is 5.39 Å². The van der Waals surface area contributed by atoms with E-state index in [0.717, 1.165) is 0 Å². The number of nitrogens with one attached hydrogen (secondary N) is 3. The summed E-state index contributed by atoms with van der Waals surface area (Å²) >= 11 is 0. The van der Waals surface area contributed by atoms with Crippen molar-refractivity contribution < 1.29 is 23.9 Å². The number of urea groups is 1. The summed E-state index contributed by atoms with van der Waals surface area (Å²) in [6.45, 7) is 3.05. The molecule has 0 saturated carbocycles. The topological polar surface area (TPSA) is 139 Å². The Morgan fingerprint density at radius 3 is 2.54 bits per heavy atom. The average Bonchev–Trinajstić information content (AvgIpc) is 2.66. The van der Waals surface area contributed by atoms with Gasteiger partial charge in [-0.1, -0.05) is 18.2 Å². The minimum Gasteiger partial charge on any atom is -0.463 e. The number of ether oxygens (including phenoxy) is 2. The van der Waals surface area contributed by atoms with Gasteiger partial charge in [-0.05, 0) is 19.9 Å². The fraction of sp³-hybridized carbons (Fsp3) is 0.278. The van der Waals surface area contributed by atoms with E-state index < -0.39 is 29.6 Å². The molecule has 10 nitrogen and oxygen atoms in total. The van der Waals surface area contributed by atoms with E-state index in [9.17, 15) is 19.2 Å². The van der Waals surface area contributed by atoms with E-state index in [0.29, 0.717) is 10.8 Å². The Kier molecular flexibility index (Phi) is 5.39. The highest BCUT2D eigenvalue weighted by Gasteiger charge is 2.30. The molecule has 0 radical (unpaired) electrons. The number of carbonyl (C=O) groups is 3. The number of esters is 2. The SMILES string of the molecule is CCOC(=O)C1=C(COC(=O)c2n[nH]c(=O)c3ccccc23)NC(=O)N[C@H]1C. The summed E-state index contributed by atoms with van der Waals surface area (Å²) in [7, 11) is 0. The number of hydrogen-bond acceptors (Lipinski definition) is 7. The number of H-pyrrole nitrogens is 1. The van der Waals surface area contributed by atoms with Crippen LogP contribution < -0.4 is 16.2 Å². The molecule has 0 spiro atoms. The smallest absolute Gasteiger partial charge is 0.359 e. The number of benzene rings is 1. The van der Waals surface area contributed by atoms with E-state index in [4.69, 9.17) is 9.47 Å². The van der Waals surface area contributed by atoms with Gasteiger partial charge in [0.15, 0.2) is 5.69 Å². The second kappa shape index (κ2) is 7.91. The number of nitrogens with zero attached hydrogens (tertiary/aromatic N) is 1. The Morgan fingerprint density at radius 1 is 1.11 bits per heavy atom. The largest absolute Gasteiger partial charge is 0.463 e. The molecule has 1 aromatic heterocycles. The number of amides is 2. The molecule has 10 heteroatoms. The predicted molar refractivity (Wildman–Crippen MR) is 97.4 cm³/mol. The van der Waals surface area contributed by atoms with Crippen molar-refractivity contribution in [2.45, 2.75) is 19.9 Å². The standard InChI is InChI=1S/C18H18N4O6/c1-3-27-16(24)13-9(2)19-18(26)20-12(13)8-28-17(25)14-10-6-4-5-7-11(10)15(23)22-21-14/h4-7,9H,3,8H2,1-2H3,(H,22,23)(H2,19,20,26)/t9-/m0/s1. The molecule has 0 saturated heterocycles. The zero-order chi connectivity index (χ0) is 20.3. The predicted octanol–water partition coefficient (Wildman–Crippen LogP) is 0.598. The lowest BCUT2D eigenvalue weighted by Gasteiger charge is -2.26. The van der Waals surface area contributed by atoms with Gasteiger partial charge in [0.05, 0.1) is 29.3 Å². The van der Waals surface area contributed by atoms with Crippen LogP contribution in [0.4, 0.5) is 4.79 Å². The third-order valence-corrected chi connectivity index (χ3v) is 4.10. The summed E-state index contributed by atoms with van der Waals surface area (Å²) < 4.78 is 10.2. The molecule has 1 aliphatic rings. The molecule has 146 valence electrons. The van der Waals surface area contributed by atoms with Gasteiger partial charge in [0.25, 0.3) is 5.56 Å². The van der Waals surface area contributed by atoms with E-state index >= 15 is 0 Å². The first-order valence-corrected chi connectivity index (χ1v) is 8.54. The molecular weight excluding hydrogens is 368 g/mol. The maximum absolute atomic E-state index is 12.5. The summed E-state index contributed by atoms with van der Waals surface area (Å²) in [6, 6.07) is 5.31. The molecule has 0 aliphatic carbocycles. The zero-order valence-corrected chi connectivity index (χ0v) is 15.2. The van der Waals surface area contributed by atoms with Crippen molar-refractivity contribution in [2.24, 2.45) is 0 Å². The molecule has 1 atom stereocenters. The van der Waals surface area contributed by atoms with Gasteiger partial charge >= 0.3 is 18.0 Å². The van der Waals surface area contributed by atoms with Gasteiger partial charge in [-0.15, -0.1) is 0 Å². The molecule has 1 aliphatic heterocycles. The van der Waals surface area contributed by atoms with Crippen LogP contribution >= 0.6 is 0 Å². The lowest BCUT2D eigenvalue weighted by molar-refractivity contribution is -0.139. The number of aromatic amines is 1. The van der Waals surface area contributed by atoms with E-state index in [1.54, 1.807) is 38.1 Å². The average molecular weight is 386 g/mol. The Labute approximate surface area is 158 Å². The van der Waals surface area contributed by atoms with E-state index in [1.165, 1.54) is 0 Å². The molecule has 3 N–H and O–H groups in total. The third kappa shape index (κ3) is 3.70. The van der Waals surface area contributed by atoms with Gasteiger partial charge < -0.3 is 20.1 Å². The van der Waals surface area contributed by atoms with Crippen LogP contribution in [-0.4, -0.2) is 47.4 Å². The Morgan fingerprint density at radius 2 is 1.82 bits per heavy atom. The van der Waals surface area contributed by atoms with Crippen LogP contribution in [-0.2, 0) is 14.3 Å². The van der Waals surface area contributed by atoms with E-state index in [2.05, 4.69) is 20.8 Å². The summed E-state index contributed by atoms with van der Waals surface area (Å²) in [5, 5.41) is 11.6. The molecule has 3 rings (SSSR count). The fourth-order valence-corrected chi connectivity index (χ4v) is 2.87. The summed E-state index contributed by atoms with van der Waals surface area (Å²) in [5.74, 6) is -1.44. The fourth-order valence-electron chi connectivity index (χ4n) is 2.87. The lowest BCUT2D eigenvalue weighted by atomic mass is 10.0. The quantitative estimate of drug-likeness (QED) is 0.639. The van der Waals surface area contributed by atoms with Crippen LogP contribution in [0.25, 0.3) is 10.8 Å². The number of hydrogen-bond donors (Lipinski definition) is 3. The Hall–Kier alpha value is -3.69. The van der Waals surface area contributed by atoms with Crippen molar-refractivity contribution in [1.29, 1.82) is 0 Å². The number of carbonyl (C=O) groups excluding carboxylic acids is 3. The van der Waals surface area contributed by atoms with E-state index in [1.807, 2.05) is 0 Å². The first-order valence-electron chi connectivity index (χ1n) is 8.54. The number of aromatic nitrogens is 2. The maximum atomic E-state index is 12.5. The molecule has 0 unspecified atom stereocenters. The van der Waals surface area contributed by atoms with Crippen LogP contribution in [0, 0.1) is 0 Å². The number of fused-ring (bicyclic) bond motifs is 1. The first-order chi connectivity index (χ1) is 13.4. The Bertz CT molecular complexity index is 1040. The molecule has 2 amide bonds. The number of rotatable bonds is 5. The zero-order valence-electron chi connectivity index (χ0n) is 15.2. The Balaban J connectivity index is 1.87. The van der Waals surface area contributed by atoms with Crippen molar-refractivity contribution in [2.75, 3.05) is 13.2 Å². The second-order valence-electron chi connectivity index (χ2n) is 5.96. The van der Waals surface area contributed by atoms with Crippen molar-refractivity contribution in [3.8, 4) is 0 Å².